The first kappa shape index (κ1) is 26.9. The number of aryl methyl sites for hydroxylation is 1. The number of hydrogen-bond donors (Lipinski definition) is 3. The van der Waals surface area contributed by atoms with Gasteiger partial charge in [-0.05, 0) is 56.7 Å². The number of H-pyrrole nitrogens is 1. The molecule has 0 unspecified atom stereocenters. The second kappa shape index (κ2) is 10.5. The molecule has 12 heteroatoms. The Morgan fingerprint density at radius 2 is 1.90 bits per heavy atom. The molecule has 3 N–H and O–H groups in total. The minimum atomic E-state index is -4.57. The van der Waals surface area contributed by atoms with Crippen LogP contribution < -0.4 is 15.4 Å². The number of carbonyl (C=O) groups is 2. The summed E-state index contributed by atoms with van der Waals surface area (Å²) in [5.74, 6) is -0.157. The maximum Gasteiger partial charge on any atom is 0.416 e. The highest BCUT2D eigenvalue weighted by Gasteiger charge is 2.34. The Kier molecular flexibility index (Phi) is 7.21. The number of aromatic nitrogens is 3. The zero-order valence-electron chi connectivity index (χ0n) is 21.5. The van der Waals surface area contributed by atoms with Crippen LogP contribution in [0.4, 0.5) is 17.6 Å². The van der Waals surface area contributed by atoms with Gasteiger partial charge in [0.15, 0.2) is 0 Å². The number of aromatic amines is 1. The molecule has 0 spiro atoms. The normalized spacial score (nSPS) is 21.5. The van der Waals surface area contributed by atoms with E-state index in [0.29, 0.717) is 31.1 Å². The van der Waals surface area contributed by atoms with Crippen molar-refractivity contribution in [3.8, 4) is 17.0 Å². The van der Waals surface area contributed by atoms with Gasteiger partial charge in [-0.2, -0.15) is 13.2 Å². The standard InChI is InChI=1S/C27H29F4N5O3/c1-13-22(26(38)36-20-7-6-17(10-19(20)28)35-14(2)37)24-25(34-13)23(32-12-33-24)18-9-16(27(29,30)31)5-8-21(18)39-11-15-3-4-15/h5,8-9,12,15,17,19-20,34H,3-4,6-7,10-11H2,1-2H3,(H,35,37)(H,36,38)/t17-,19+,20-/m0/s1. The number of fused-ring (bicyclic) bond motifs is 1. The first-order valence-electron chi connectivity index (χ1n) is 12.9. The van der Waals surface area contributed by atoms with Gasteiger partial charge in [0.05, 0.1) is 29.3 Å². The summed E-state index contributed by atoms with van der Waals surface area (Å²) < 4.78 is 61.5. The number of ether oxygens (including phenoxy) is 1. The van der Waals surface area contributed by atoms with Gasteiger partial charge in [-0.1, -0.05) is 0 Å². The quantitative estimate of drug-likeness (QED) is 0.366. The minimum absolute atomic E-state index is 0.0862. The van der Waals surface area contributed by atoms with Crippen molar-refractivity contribution >= 4 is 22.8 Å². The van der Waals surface area contributed by atoms with Crippen LogP contribution >= 0.6 is 0 Å². The molecule has 3 aromatic rings. The lowest BCUT2D eigenvalue weighted by molar-refractivity contribution is -0.137. The molecule has 5 rings (SSSR count). The molecule has 2 aliphatic carbocycles. The summed E-state index contributed by atoms with van der Waals surface area (Å²) in [7, 11) is 0. The first-order chi connectivity index (χ1) is 18.5. The summed E-state index contributed by atoms with van der Waals surface area (Å²) >= 11 is 0. The van der Waals surface area contributed by atoms with Gasteiger partial charge in [0.1, 0.15) is 29.5 Å². The molecule has 2 amide bonds. The Morgan fingerprint density at radius 3 is 2.56 bits per heavy atom. The average molecular weight is 548 g/mol. The smallest absolute Gasteiger partial charge is 0.416 e. The molecule has 0 bridgehead atoms. The van der Waals surface area contributed by atoms with Gasteiger partial charge < -0.3 is 20.4 Å². The van der Waals surface area contributed by atoms with Gasteiger partial charge in [-0.25, -0.2) is 14.4 Å². The van der Waals surface area contributed by atoms with Gasteiger partial charge in [0, 0.05) is 30.6 Å². The van der Waals surface area contributed by atoms with Gasteiger partial charge in [-0.15, -0.1) is 0 Å². The van der Waals surface area contributed by atoms with Crippen LogP contribution in [0, 0.1) is 12.8 Å². The second-order valence-electron chi connectivity index (χ2n) is 10.3. The Labute approximate surface area is 221 Å². The zero-order valence-corrected chi connectivity index (χ0v) is 21.5. The van der Waals surface area contributed by atoms with Crippen molar-refractivity contribution < 1.29 is 31.9 Å². The fraction of sp³-hybridized carbons (Fsp3) is 0.481. The van der Waals surface area contributed by atoms with Crippen LogP contribution in [0.1, 0.15) is 60.6 Å². The molecule has 0 aliphatic heterocycles. The van der Waals surface area contributed by atoms with Crippen molar-refractivity contribution in [1.82, 2.24) is 25.6 Å². The van der Waals surface area contributed by atoms with Gasteiger partial charge in [0.25, 0.3) is 5.91 Å². The van der Waals surface area contributed by atoms with Crippen LogP contribution in [0.25, 0.3) is 22.3 Å². The fourth-order valence-corrected chi connectivity index (χ4v) is 5.05. The van der Waals surface area contributed by atoms with Crippen molar-refractivity contribution in [3.63, 3.8) is 0 Å². The average Bonchev–Trinajstić information content (AvgIpc) is 3.63. The van der Waals surface area contributed by atoms with Crippen LogP contribution in [0.15, 0.2) is 24.5 Å². The highest BCUT2D eigenvalue weighted by atomic mass is 19.4. The van der Waals surface area contributed by atoms with E-state index in [-0.39, 0.29) is 52.0 Å². The SMILES string of the molecule is CC(=O)N[C@H]1CC[C@H](NC(=O)c2c(C)[nH]c3c(-c4cc(C(F)(F)F)ccc4OCC4CC4)ncnc23)[C@H](F)C1. The molecule has 2 saturated carbocycles. The van der Waals surface area contributed by atoms with E-state index in [4.69, 9.17) is 4.74 Å². The molecule has 2 aliphatic rings. The maximum absolute atomic E-state index is 14.9. The van der Waals surface area contributed by atoms with Gasteiger partial charge >= 0.3 is 6.18 Å². The Balaban J connectivity index is 1.46. The molecule has 0 saturated heterocycles. The summed E-state index contributed by atoms with van der Waals surface area (Å²) in [6.45, 7) is 3.40. The molecule has 39 heavy (non-hydrogen) atoms. The van der Waals surface area contributed by atoms with E-state index in [0.717, 1.165) is 25.0 Å². The zero-order chi connectivity index (χ0) is 27.9. The minimum Gasteiger partial charge on any atom is -0.493 e. The van der Waals surface area contributed by atoms with E-state index in [1.807, 2.05) is 0 Å². The maximum atomic E-state index is 14.9. The third-order valence-corrected chi connectivity index (χ3v) is 7.23. The summed E-state index contributed by atoms with van der Waals surface area (Å²) in [4.78, 5) is 36.2. The van der Waals surface area contributed by atoms with Crippen LogP contribution in [0.5, 0.6) is 5.75 Å². The molecule has 8 nitrogen and oxygen atoms in total. The highest BCUT2D eigenvalue weighted by molar-refractivity contribution is 6.09. The van der Waals surface area contributed by atoms with E-state index in [1.54, 1.807) is 6.92 Å². The van der Waals surface area contributed by atoms with Crippen molar-refractivity contribution in [2.45, 2.75) is 70.4 Å². The molecular weight excluding hydrogens is 518 g/mol. The molecule has 0 radical (unpaired) electrons. The summed E-state index contributed by atoms with van der Waals surface area (Å²) in [5, 5.41) is 5.45. The molecular formula is C27H29F4N5O3. The second-order valence-corrected chi connectivity index (χ2v) is 10.3. The number of amides is 2. The number of halogens is 4. The Hall–Kier alpha value is -3.70. The molecule has 208 valence electrons. The number of nitrogens with zero attached hydrogens (tertiary/aromatic N) is 2. The van der Waals surface area contributed by atoms with Crippen molar-refractivity contribution in [2.75, 3.05) is 6.61 Å². The van der Waals surface area contributed by atoms with E-state index in [2.05, 4.69) is 25.6 Å². The van der Waals surface area contributed by atoms with Crippen molar-refractivity contribution in [3.05, 3.63) is 41.3 Å². The van der Waals surface area contributed by atoms with Crippen LogP contribution in [0.3, 0.4) is 0 Å². The lowest BCUT2D eigenvalue weighted by atomic mass is 9.89. The number of nitrogens with one attached hydrogen (secondary N) is 3. The summed E-state index contributed by atoms with van der Waals surface area (Å²) in [5.41, 5.74) is 0.513. The predicted molar refractivity (Wildman–Crippen MR) is 135 cm³/mol. The number of rotatable bonds is 7. The van der Waals surface area contributed by atoms with Crippen LogP contribution in [-0.4, -0.2) is 51.6 Å². The number of carbonyl (C=O) groups excluding carboxylic acids is 2. The largest absolute Gasteiger partial charge is 0.493 e. The van der Waals surface area contributed by atoms with Gasteiger partial charge in [0.2, 0.25) is 5.91 Å². The molecule has 1 aromatic carbocycles. The molecule has 2 fully saturated rings. The van der Waals surface area contributed by atoms with E-state index < -0.39 is 29.9 Å². The first-order valence-corrected chi connectivity index (χ1v) is 12.9. The van der Waals surface area contributed by atoms with Crippen molar-refractivity contribution in [2.24, 2.45) is 5.92 Å². The van der Waals surface area contributed by atoms with E-state index >= 15 is 0 Å². The Bertz CT molecular complexity index is 1400. The molecule has 3 atom stereocenters. The third kappa shape index (κ3) is 5.84. The van der Waals surface area contributed by atoms with Gasteiger partial charge in [-0.3, -0.25) is 9.59 Å². The summed E-state index contributed by atoms with van der Waals surface area (Å²) in [6, 6.07) is 2.20. The topological polar surface area (TPSA) is 109 Å². The van der Waals surface area contributed by atoms with Crippen molar-refractivity contribution in [1.29, 1.82) is 0 Å². The van der Waals surface area contributed by atoms with Crippen LogP contribution in [0.2, 0.25) is 0 Å². The number of hydrogen-bond acceptors (Lipinski definition) is 5. The Morgan fingerprint density at radius 1 is 1.13 bits per heavy atom. The van der Waals surface area contributed by atoms with Crippen LogP contribution in [-0.2, 0) is 11.0 Å². The lowest BCUT2D eigenvalue weighted by Crippen LogP contribution is -2.49. The number of benzene rings is 1. The predicted octanol–water partition coefficient (Wildman–Crippen LogP) is 4.87. The molecule has 2 heterocycles. The fourth-order valence-electron chi connectivity index (χ4n) is 5.05. The number of alkyl halides is 4. The van der Waals surface area contributed by atoms with E-state index in [9.17, 15) is 27.2 Å². The van der Waals surface area contributed by atoms with E-state index in [1.165, 1.54) is 19.3 Å². The highest BCUT2D eigenvalue weighted by Crippen LogP contribution is 2.40. The lowest BCUT2D eigenvalue weighted by Gasteiger charge is -2.32. The molecule has 2 aromatic heterocycles. The monoisotopic (exact) mass is 547 g/mol. The third-order valence-electron chi connectivity index (χ3n) is 7.23. The summed E-state index contributed by atoms with van der Waals surface area (Å²) in [6.07, 6.45) is -1.78.